The molecule has 3 nitrogen and oxygen atoms in total. The van der Waals surface area contributed by atoms with Crippen molar-refractivity contribution in [3.05, 3.63) is 17.2 Å². The molecule has 0 bridgehead atoms. The fourth-order valence-electron chi connectivity index (χ4n) is 1.28. The first-order chi connectivity index (χ1) is 7.08. The van der Waals surface area contributed by atoms with Gasteiger partial charge in [-0.2, -0.15) is 0 Å². The van der Waals surface area contributed by atoms with Crippen LogP contribution >= 0.6 is 11.6 Å². The van der Waals surface area contributed by atoms with E-state index in [0.29, 0.717) is 16.8 Å². The van der Waals surface area contributed by atoms with Crippen LogP contribution in [0.5, 0.6) is 11.5 Å². The van der Waals surface area contributed by atoms with Crippen molar-refractivity contribution in [2.75, 3.05) is 19.5 Å². The normalized spacial score (nSPS) is 10.3. The minimum atomic E-state index is 0.324. The topological polar surface area (TPSA) is 30.5 Å². The van der Waals surface area contributed by atoms with E-state index in [9.17, 15) is 0 Å². The molecule has 1 aromatic carbocycles. The Balaban J connectivity index is 3.10. The summed E-state index contributed by atoms with van der Waals surface area (Å²) in [7, 11) is 3.20. The third kappa shape index (κ3) is 2.93. The van der Waals surface area contributed by atoms with E-state index < -0.39 is 0 Å². The maximum Gasteiger partial charge on any atom is 0.143 e. The van der Waals surface area contributed by atoms with Crippen LogP contribution in [-0.4, -0.2) is 20.3 Å². The molecule has 1 N–H and O–H groups in total. The van der Waals surface area contributed by atoms with Crippen LogP contribution < -0.4 is 14.8 Å². The van der Waals surface area contributed by atoms with Gasteiger partial charge in [-0.05, 0) is 13.8 Å². The highest BCUT2D eigenvalue weighted by molar-refractivity contribution is 6.32. The van der Waals surface area contributed by atoms with E-state index in [4.69, 9.17) is 21.1 Å². The van der Waals surface area contributed by atoms with Crippen LogP contribution in [0.2, 0.25) is 5.02 Å². The summed E-state index contributed by atoms with van der Waals surface area (Å²) in [4.78, 5) is 0. The second kappa shape index (κ2) is 5.12. The molecule has 0 aromatic heterocycles. The minimum Gasteiger partial charge on any atom is -0.495 e. The van der Waals surface area contributed by atoms with E-state index in [-0.39, 0.29) is 0 Å². The Morgan fingerprint density at radius 2 is 1.73 bits per heavy atom. The van der Waals surface area contributed by atoms with Gasteiger partial charge in [0, 0.05) is 18.2 Å². The Hall–Kier alpha value is -1.09. The Morgan fingerprint density at radius 3 is 2.20 bits per heavy atom. The smallest absolute Gasteiger partial charge is 0.143 e. The molecule has 0 aliphatic rings. The lowest BCUT2D eigenvalue weighted by atomic mass is 10.2. The van der Waals surface area contributed by atoms with Crippen LogP contribution in [-0.2, 0) is 0 Å². The average Bonchev–Trinajstić information content (AvgIpc) is 2.19. The summed E-state index contributed by atoms with van der Waals surface area (Å²) in [6, 6.07) is 3.90. The molecule has 1 aromatic rings. The van der Waals surface area contributed by atoms with Crippen LogP contribution in [0.4, 0.5) is 5.69 Å². The van der Waals surface area contributed by atoms with Crippen molar-refractivity contribution in [3.63, 3.8) is 0 Å². The average molecular weight is 230 g/mol. The Bertz CT molecular complexity index is 340. The number of rotatable bonds is 4. The molecule has 0 saturated carbocycles. The van der Waals surface area contributed by atoms with Crippen LogP contribution in [0, 0.1) is 0 Å². The number of methoxy groups -OCH3 is 2. The third-order valence-electron chi connectivity index (χ3n) is 1.92. The van der Waals surface area contributed by atoms with Gasteiger partial charge in [-0.25, -0.2) is 0 Å². The minimum absolute atomic E-state index is 0.324. The molecule has 0 aliphatic carbocycles. The second-order valence-corrected chi connectivity index (χ2v) is 3.89. The van der Waals surface area contributed by atoms with Crippen molar-refractivity contribution in [2.45, 2.75) is 19.9 Å². The summed E-state index contributed by atoms with van der Waals surface area (Å²) in [5.74, 6) is 1.36. The van der Waals surface area contributed by atoms with Crippen molar-refractivity contribution < 1.29 is 9.47 Å². The quantitative estimate of drug-likeness (QED) is 0.860. The first-order valence-corrected chi connectivity index (χ1v) is 5.14. The summed E-state index contributed by atoms with van der Waals surface area (Å²) in [5.41, 5.74) is 0.883. The lowest BCUT2D eigenvalue weighted by molar-refractivity contribution is 0.404. The predicted octanol–water partition coefficient (Wildman–Crippen LogP) is 3.18. The molecular formula is C11H16ClNO2. The number of halogens is 1. The summed E-state index contributed by atoms with van der Waals surface area (Å²) in [5, 5.41) is 3.81. The molecule has 0 atom stereocenters. The highest BCUT2D eigenvalue weighted by atomic mass is 35.5. The van der Waals surface area contributed by atoms with Crippen LogP contribution in [0.1, 0.15) is 13.8 Å². The summed E-state index contributed by atoms with van der Waals surface area (Å²) in [6.45, 7) is 4.11. The van der Waals surface area contributed by atoms with Gasteiger partial charge in [-0.3, -0.25) is 0 Å². The molecular weight excluding hydrogens is 214 g/mol. The van der Waals surface area contributed by atoms with Gasteiger partial charge in [0.1, 0.15) is 11.5 Å². The molecule has 0 heterocycles. The zero-order valence-corrected chi connectivity index (χ0v) is 10.2. The number of benzene rings is 1. The van der Waals surface area contributed by atoms with E-state index in [1.807, 2.05) is 6.07 Å². The molecule has 0 unspecified atom stereocenters. The number of nitrogens with one attached hydrogen (secondary N) is 1. The second-order valence-electron chi connectivity index (χ2n) is 3.49. The molecule has 0 amide bonds. The van der Waals surface area contributed by atoms with Gasteiger partial charge < -0.3 is 14.8 Å². The first kappa shape index (κ1) is 12.0. The van der Waals surface area contributed by atoms with Gasteiger partial charge in [-0.15, -0.1) is 0 Å². The predicted molar refractivity (Wildman–Crippen MR) is 63.3 cm³/mol. The van der Waals surface area contributed by atoms with Crippen molar-refractivity contribution in [1.82, 2.24) is 0 Å². The summed E-state index contributed by atoms with van der Waals surface area (Å²) < 4.78 is 10.4. The largest absolute Gasteiger partial charge is 0.495 e. The van der Waals surface area contributed by atoms with Gasteiger partial charge in [0.2, 0.25) is 0 Å². The van der Waals surface area contributed by atoms with Gasteiger partial charge in [-0.1, -0.05) is 11.6 Å². The summed E-state index contributed by atoms with van der Waals surface area (Å²) >= 11 is 5.98. The van der Waals surface area contributed by atoms with E-state index in [0.717, 1.165) is 11.4 Å². The maximum absolute atomic E-state index is 5.98. The van der Waals surface area contributed by atoms with E-state index in [1.165, 1.54) is 0 Å². The molecule has 4 heteroatoms. The molecule has 0 spiro atoms. The van der Waals surface area contributed by atoms with Crippen molar-refractivity contribution in [3.8, 4) is 11.5 Å². The van der Waals surface area contributed by atoms with Gasteiger partial charge >= 0.3 is 0 Å². The van der Waals surface area contributed by atoms with Crippen molar-refractivity contribution in [1.29, 1.82) is 0 Å². The monoisotopic (exact) mass is 229 g/mol. The van der Waals surface area contributed by atoms with Crippen LogP contribution in [0.15, 0.2) is 12.1 Å². The van der Waals surface area contributed by atoms with Crippen LogP contribution in [0.25, 0.3) is 0 Å². The van der Waals surface area contributed by atoms with E-state index in [2.05, 4.69) is 19.2 Å². The van der Waals surface area contributed by atoms with Crippen molar-refractivity contribution >= 4 is 17.3 Å². The Kier molecular flexibility index (Phi) is 4.09. The molecule has 0 fully saturated rings. The SMILES string of the molecule is COc1cc(NC(C)C)c(OC)cc1Cl. The number of hydrogen-bond acceptors (Lipinski definition) is 3. The zero-order chi connectivity index (χ0) is 11.4. The highest BCUT2D eigenvalue weighted by Crippen LogP contribution is 2.36. The number of anilines is 1. The lowest BCUT2D eigenvalue weighted by Crippen LogP contribution is -2.10. The Morgan fingerprint density at radius 1 is 1.13 bits per heavy atom. The number of ether oxygens (including phenoxy) is 2. The molecule has 0 aliphatic heterocycles. The fourth-order valence-corrected chi connectivity index (χ4v) is 1.52. The Labute approximate surface area is 95.3 Å². The van der Waals surface area contributed by atoms with Crippen LogP contribution in [0.3, 0.4) is 0 Å². The molecule has 1 rings (SSSR count). The summed E-state index contributed by atoms with van der Waals surface area (Å²) in [6.07, 6.45) is 0. The molecule has 15 heavy (non-hydrogen) atoms. The molecule has 84 valence electrons. The fraction of sp³-hybridized carbons (Fsp3) is 0.455. The lowest BCUT2D eigenvalue weighted by Gasteiger charge is -2.15. The first-order valence-electron chi connectivity index (χ1n) is 4.76. The zero-order valence-electron chi connectivity index (χ0n) is 9.43. The van der Waals surface area contributed by atoms with Crippen molar-refractivity contribution in [2.24, 2.45) is 0 Å². The van der Waals surface area contributed by atoms with E-state index in [1.54, 1.807) is 20.3 Å². The highest BCUT2D eigenvalue weighted by Gasteiger charge is 2.10. The molecule has 0 saturated heterocycles. The molecule has 0 radical (unpaired) electrons. The maximum atomic E-state index is 5.98. The van der Waals surface area contributed by atoms with Gasteiger partial charge in [0.05, 0.1) is 24.9 Å². The number of hydrogen-bond donors (Lipinski definition) is 1. The standard InChI is InChI=1S/C11H16ClNO2/c1-7(2)13-9-6-10(14-3)8(12)5-11(9)15-4/h5-7,13H,1-4H3. The third-order valence-corrected chi connectivity index (χ3v) is 2.21. The van der Waals surface area contributed by atoms with E-state index >= 15 is 0 Å². The van der Waals surface area contributed by atoms with Gasteiger partial charge in [0.25, 0.3) is 0 Å². The van der Waals surface area contributed by atoms with Gasteiger partial charge in [0.15, 0.2) is 0 Å².